The Morgan fingerprint density at radius 1 is 1.06 bits per heavy atom. The molecule has 6 nitrogen and oxygen atoms in total. The van der Waals surface area contributed by atoms with E-state index in [2.05, 4.69) is 22.4 Å². The van der Waals surface area contributed by atoms with E-state index in [9.17, 15) is 9.59 Å². The number of aromatic amines is 1. The van der Waals surface area contributed by atoms with Crippen LogP contribution in [0.2, 0.25) is 0 Å². The first-order chi connectivity index (χ1) is 16.5. The number of nitrogens with zero attached hydrogens (tertiary/aromatic N) is 1. The molecule has 0 fully saturated rings. The molecule has 0 radical (unpaired) electrons. The van der Waals surface area contributed by atoms with Gasteiger partial charge in [0.15, 0.2) is 0 Å². The van der Waals surface area contributed by atoms with Gasteiger partial charge in [0.05, 0.1) is 7.11 Å². The molecule has 34 heavy (non-hydrogen) atoms. The molecule has 1 aliphatic rings. The van der Waals surface area contributed by atoms with Crippen molar-refractivity contribution < 1.29 is 14.3 Å². The molecule has 2 heterocycles. The van der Waals surface area contributed by atoms with Crippen LogP contribution in [0.15, 0.2) is 66.7 Å². The quantitative estimate of drug-likeness (QED) is 0.415. The Balaban J connectivity index is 1.34. The molecule has 0 atom stereocenters. The summed E-state index contributed by atoms with van der Waals surface area (Å²) in [5.74, 6) is 0.816. The van der Waals surface area contributed by atoms with Crippen molar-refractivity contribution in [2.45, 2.75) is 26.2 Å². The predicted octanol–water partition coefficient (Wildman–Crippen LogP) is 5.32. The Hall–Kier alpha value is -4.06. The predicted molar refractivity (Wildman–Crippen MR) is 135 cm³/mol. The summed E-state index contributed by atoms with van der Waals surface area (Å²) in [5.41, 5.74) is 7.06. The number of anilines is 2. The van der Waals surface area contributed by atoms with Crippen LogP contribution in [-0.4, -0.2) is 30.5 Å². The van der Waals surface area contributed by atoms with Crippen LogP contribution >= 0.6 is 0 Å². The average Bonchev–Trinajstić information content (AvgIpc) is 3.44. The lowest BCUT2D eigenvalue weighted by molar-refractivity contribution is -0.117. The first-order valence-corrected chi connectivity index (χ1v) is 11.5. The molecule has 1 aromatic heterocycles. The zero-order valence-corrected chi connectivity index (χ0v) is 19.4. The molecule has 0 saturated carbocycles. The van der Waals surface area contributed by atoms with E-state index in [-0.39, 0.29) is 11.8 Å². The molecule has 4 aromatic rings. The van der Waals surface area contributed by atoms with Crippen LogP contribution in [0, 0.1) is 0 Å². The number of hydrogen-bond acceptors (Lipinski definition) is 3. The number of ether oxygens (including phenoxy) is 1. The van der Waals surface area contributed by atoms with E-state index in [0.29, 0.717) is 19.4 Å². The van der Waals surface area contributed by atoms with Gasteiger partial charge in [-0.1, -0.05) is 18.2 Å². The summed E-state index contributed by atoms with van der Waals surface area (Å²) in [6.07, 6.45) is 1.78. The Morgan fingerprint density at radius 3 is 2.62 bits per heavy atom. The number of nitrogens with one attached hydrogen (secondary N) is 2. The molecule has 2 amide bonds. The number of carbonyl (C=O) groups excluding carboxylic acids is 2. The van der Waals surface area contributed by atoms with Crippen LogP contribution in [0.1, 0.15) is 24.5 Å². The SMILES string of the molecule is COc1ccc(-c2[nH]c3ccccc3c2CCC(=O)Nc2ccc3c(c2)CCN3C(C)=O)cc1. The summed E-state index contributed by atoms with van der Waals surface area (Å²) in [7, 11) is 1.66. The zero-order chi connectivity index (χ0) is 23.7. The van der Waals surface area contributed by atoms with Gasteiger partial charge in [0.2, 0.25) is 11.8 Å². The third-order valence-corrected chi connectivity index (χ3v) is 6.43. The largest absolute Gasteiger partial charge is 0.497 e. The normalized spacial score (nSPS) is 12.6. The number of amides is 2. The lowest BCUT2D eigenvalue weighted by Crippen LogP contribution is -2.25. The molecule has 5 rings (SSSR count). The van der Waals surface area contributed by atoms with Gasteiger partial charge in [-0.2, -0.15) is 0 Å². The van der Waals surface area contributed by atoms with Gasteiger partial charge in [-0.05, 0) is 78.1 Å². The molecule has 3 aromatic carbocycles. The summed E-state index contributed by atoms with van der Waals surface area (Å²) >= 11 is 0. The number of methoxy groups -OCH3 is 1. The molecule has 6 heteroatoms. The Bertz CT molecular complexity index is 1370. The van der Waals surface area contributed by atoms with E-state index < -0.39 is 0 Å². The first kappa shape index (κ1) is 21.8. The van der Waals surface area contributed by atoms with Crippen molar-refractivity contribution in [2.24, 2.45) is 0 Å². The van der Waals surface area contributed by atoms with Gasteiger partial charge < -0.3 is 19.9 Å². The molecule has 172 valence electrons. The Kier molecular flexibility index (Phi) is 5.80. The second kappa shape index (κ2) is 9.06. The lowest BCUT2D eigenvalue weighted by Gasteiger charge is -2.15. The fourth-order valence-electron chi connectivity index (χ4n) is 4.73. The van der Waals surface area contributed by atoms with E-state index >= 15 is 0 Å². The van der Waals surface area contributed by atoms with Crippen LogP contribution in [0.25, 0.3) is 22.2 Å². The van der Waals surface area contributed by atoms with E-state index in [1.54, 1.807) is 18.9 Å². The van der Waals surface area contributed by atoms with Gasteiger partial charge in [-0.3, -0.25) is 9.59 Å². The van der Waals surface area contributed by atoms with Gasteiger partial charge in [0.1, 0.15) is 5.75 Å². The summed E-state index contributed by atoms with van der Waals surface area (Å²) in [6, 6.07) is 21.9. The topological polar surface area (TPSA) is 74.4 Å². The molecular weight excluding hydrogens is 426 g/mol. The van der Waals surface area contributed by atoms with Crippen molar-refractivity contribution in [3.63, 3.8) is 0 Å². The maximum atomic E-state index is 12.8. The van der Waals surface area contributed by atoms with Gasteiger partial charge in [0, 0.05) is 47.9 Å². The lowest BCUT2D eigenvalue weighted by atomic mass is 10.0. The highest BCUT2D eigenvalue weighted by molar-refractivity contribution is 5.96. The number of H-pyrrole nitrogens is 1. The fourth-order valence-corrected chi connectivity index (χ4v) is 4.73. The number of aryl methyl sites for hydroxylation is 1. The van der Waals surface area contributed by atoms with Crippen molar-refractivity contribution in [3.05, 3.63) is 77.9 Å². The minimum Gasteiger partial charge on any atom is -0.497 e. The zero-order valence-electron chi connectivity index (χ0n) is 19.4. The molecule has 0 unspecified atom stereocenters. The third kappa shape index (κ3) is 4.15. The summed E-state index contributed by atoms with van der Waals surface area (Å²) in [4.78, 5) is 29.9. The fraction of sp³-hybridized carbons (Fsp3) is 0.214. The molecule has 0 spiro atoms. The molecule has 0 saturated heterocycles. The maximum Gasteiger partial charge on any atom is 0.224 e. The van der Waals surface area contributed by atoms with Crippen molar-refractivity contribution in [1.82, 2.24) is 4.98 Å². The molecule has 2 N–H and O–H groups in total. The Morgan fingerprint density at radius 2 is 1.85 bits per heavy atom. The highest BCUT2D eigenvalue weighted by atomic mass is 16.5. The van der Waals surface area contributed by atoms with Gasteiger partial charge in [-0.15, -0.1) is 0 Å². The average molecular weight is 454 g/mol. The number of hydrogen-bond donors (Lipinski definition) is 2. The second-order valence-electron chi connectivity index (χ2n) is 8.56. The monoisotopic (exact) mass is 453 g/mol. The number of rotatable bonds is 6. The highest BCUT2D eigenvalue weighted by Crippen LogP contribution is 2.33. The van der Waals surface area contributed by atoms with Crippen LogP contribution < -0.4 is 15.0 Å². The van der Waals surface area contributed by atoms with Crippen molar-refractivity contribution in [3.8, 4) is 17.0 Å². The maximum absolute atomic E-state index is 12.8. The minimum atomic E-state index is -0.0349. The molecule has 0 aliphatic carbocycles. The van der Waals surface area contributed by atoms with Gasteiger partial charge in [0.25, 0.3) is 0 Å². The van der Waals surface area contributed by atoms with Crippen LogP contribution in [0.4, 0.5) is 11.4 Å². The summed E-state index contributed by atoms with van der Waals surface area (Å²) in [5, 5.41) is 4.16. The molecular formula is C28H27N3O3. The van der Waals surface area contributed by atoms with Gasteiger partial charge in [-0.25, -0.2) is 0 Å². The number of para-hydroxylation sites is 1. The summed E-state index contributed by atoms with van der Waals surface area (Å²) in [6.45, 7) is 2.27. The highest BCUT2D eigenvalue weighted by Gasteiger charge is 2.22. The van der Waals surface area contributed by atoms with Crippen molar-refractivity contribution in [2.75, 3.05) is 23.9 Å². The third-order valence-electron chi connectivity index (χ3n) is 6.43. The molecule has 1 aliphatic heterocycles. The number of benzene rings is 3. The van der Waals surface area contributed by atoms with E-state index in [4.69, 9.17) is 4.74 Å². The summed E-state index contributed by atoms with van der Waals surface area (Å²) < 4.78 is 5.29. The smallest absolute Gasteiger partial charge is 0.224 e. The van der Waals surface area contributed by atoms with Crippen molar-refractivity contribution in [1.29, 1.82) is 0 Å². The van der Waals surface area contributed by atoms with E-state index in [1.165, 1.54) is 0 Å². The van der Waals surface area contributed by atoms with E-state index in [0.717, 1.165) is 56.8 Å². The second-order valence-corrected chi connectivity index (χ2v) is 8.56. The van der Waals surface area contributed by atoms with Crippen LogP contribution in [0.3, 0.4) is 0 Å². The number of aromatic nitrogens is 1. The van der Waals surface area contributed by atoms with Crippen molar-refractivity contribution >= 4 is 34.1 Å². The number of fused-ring (bicyclic) bond motifs is 2. The Labute approximate surface area is 198 Å². The van der Waals surface area contributed by atoms with Crippen LogP contribution in [-0.2, 0) is 22.4 Å². The van der Waals surface area contributed by atoms with E-state index in [1.807, 2.05) is 54.6 Å². The first-order valence-electron chi connectivity index (χ1n) is 11.5. The standard InChI is InChI=1S/C28H27N3O3/c1-18(32)31-16-15-20-17-21(9-13-26(20)31)29-27(33)14-12-24-23-5-3-4-6-25(23)30-28(24)19-7-10-22(34-2)11-8-19/h3-11,13,17,30H,12,14-16H2,1-2H3,(H,29,33). The minimum absolute atomic E-state index is 0.0349. The van der Waals surface area contributed by atoms with Crippen LogP contribution in [0.5, 0.6) is 5.75 Å². The van der Waals surface area contributed by atoms with Gasteiger partial charge >= 0.3 is 0 Å². The number of carbonyl (C=O) groups is 2. The molecule has 0 bridgehead atoms.